The van der Waals surface area contributed by atoms with Crippen molar-refractivity contribution in [1.29, 1.82) is 0 Å². The SMILES string of the molecule is CC(NC(=O)CN1C(=O)COc2ccc([N+](=O)[O-])cc21)c1ccc(Cl)cc1Cl. The van der Waals surface area contributed by atoms with E-state index in [2.05, 4.69) is 5.32 Å². The first kappa shape index (κ1) is 19.9. The normalized spacial score (nSPS) is 14.1. The number of non-ortho nitro benzene ring substituents is 1. The smallest absolute Gasteiger partial charge is 0.271 e. The minimum Gasteiger partial charge on any atom is -0.482 e. The van der Waals surface area contributed by atoms with E-state index in [4.69, 9.17) is 27.9 Å². The van der Waals surface area contributed by atoms with Gasteiger partial charge in [-0.2, -0.15) is 0 Å². The molecule has 0 saturated heterocycles. The molecule has 0 aliphatic carbocycles. The molecule has 1 N–H and O–H groups in total. The molecule has 0 fully saturated rings. The lowest BCUT2D eigenvalue weighted by molar-refractivity contribution is -0.384. The number of nitrogens with zero attached hydrogens (tertiary/aromatic N) is 2. The van der Waals surface area contributed by atoms with Gasteiger partial charge in [-0.05, 0) is 30.7 Å². The number of benzene rings is 2. The molecular formula is C18H15Cl2N3O5. The van der Waals surface area contributed by atoms with Gasteiger partial charge in [-0.1, -0.05) is 29.3 Å². The van der Waals surface area contributed by atoms with Gasteiger partial charge in [0, 0.05) is 22.2 Å². The summed E-state index contributed by atoms with van der Waals surface area (Å²) < 4.78 is 5.28. The van der Waals surface area contributed by atoms with E-state index in [1.165, 1.54) is 18.2 Å². The zero-order chi connectivity index (χ0) is 20.4. The van der Waals surface area contributed by atoms with Crippen molar-refractivity contribution in [3.8, 4) is 5.75 Å². The minimum absolute atomic E-state index is 0.178. The molecule has 1 atom stereocenters. The highest BCUT2D eigenvalue weighted by atomic mass is 35.5. The fourth-order valence-corrected chi connectivity index (χ4v) is 3.41. The summed E-state index contributed by atoms with van der Waals surface area (Å²) in [7, 11) is 0. The minimum atomic E-state index is -0.581. The fourth-order valence-electron chi connectivity index (χ4n) is 2.84. The molecule has 1 aliphatic heterocycles. The first-order valence-corrected chi connectivity index (χ1v) is 8.98. The Kier molecular flexibility index (Phi) is 5.71. The third-order valence-corrected chi connectivity index (χ3v) is 4.77. The summed E-state index contributed by atoms with van der Waals surface area (Å²) in [5.74, 6) is -0.627. The van der Waals surface area contributed by atoms with E-state index >= 15 is 0 Å². The molecule has 1 aliphatic rings. The van der Waals surface area contributed by atoms with Gasteiger partial charge in [0.05, 0.1) is 16.7 Å². The first-order chi connectivity index (χ1) is 13.3. The topological polar surface area (TPSA) is 102 Å². The van der Waals surface area contributed by atoms with Gasteiger partial charge in [0.25, 0.3) is 11.6 Å². The Hall–Kier alpha value is -2.84. The number of nitro groups is 1. The summed E-state index contributed by atoms with van der Waals surface area (Å²) in [5.41, 5.74) is 0.644. The number of anilines is 1. The van der Waals surface area contributed by atoms with Crippen molar-refractivity contribution in [3.05, 3.63) is 62.1 Å². The van der Waals surface area contributed by atoms with Crippen molar-refractivity contribution in [2.75, 3.05) is 18.1 Å². The van der Waals surface area contributed by atoms with E-state index in [0.717, 1.165) is 4.90 Å². The van der Waals surface area contributed by atoms with Crippen LogP contribution in [0.1, 0.15) is 18.5 Å². The molecule has 3 rings (SSSR count). The molecule has 146 valence electrons. The summed E-state index contributed by atoms with van der Waals surface area (Å²) >= 11 is 12.0. The second-order valence-electron chi connectivity index (χ2n) is 6.13. The lowest BCUT2D eigenvalue weighted by Crippen LogP contribution is -2.45. The highest BCUT2D eigenvalue weighted by Crippen LogP contribution is 2.35. The molecular weight excluding hydrogens is 409 g/mol. The summed E-state index contributed by atoms with van der Waals surface area (Å²) in [5, 5.41) is 14.7. The maximum Gasteiger partial charge on any atom is 0.271 e. The Balaban J connectivity index is 1.77. The van der Waals surface area contributed by atoms with Gasteiger partial charge in [0.2, 0.25) is 5.91 Å². The van der Waals surface area contributed by atoms with Crippen molar-refractivity contribution in [2.45, 2.75) is 13.0 Å². The first-order valence-electron chi connectivity index (χ1n) is 8.22. The Morgan fingerprint density at radius 1 is 1.32 bits per heavy atom. The van der Waals surface area contributed by atoms with E-state index in [1.807, 2.05) is 0 Å². The van der Waals surface area contributed by atoms with Crippen molar-refractivity contribution in [3.63, 3.8) is 0 Å². The highest BCUT2D eigenvalue weighted by Gasteiger charge is 2.29. The van der Waals surface area contributed by atoms with Crippen molar-refractivity contribution >= 4 is 46.4 Å². The molecule has 2 amide bonds. The van der Waals surface area contributed by atoms with Gasteiger partial charge in [0.15, 0.2) is 6.61 Å². The predicted molar refractivity (Wildman–Crippen MR) is 104 cm³/mol. The van der Waals surface area contributed by atoms with Crippen LogP contribution < -0.4 is 15.0 Å². The average molecular weight is 424 g/mol. The van der Waals surface area contributed by atoms with E-state index in [9.17, 15) is 19.7 Å². The van der Waals surface area contributed by atoms with Gasteiger partial charge < -0.3 is 10.1 Å². The Labute approximate surface area is 170 Å². The predicted octanol–water partition coefficient (Wildman–Crippen LogP) is 3.50. The molecule has 2 aromatic carbocycles. The van der Waals surface area contributed by atoms with Crippen LogP contribution in [0.4, 0.5) is 11.4 Å². The van der Waals surface area contributed by atoms with Gasteiger partial charge in [-0.15, -0.1) is 0 Å². The van der Waals surface area contributed by atoms with Crippen molar-refractivity contribution in [1.82, 2.24) is 5.32 Å². The van der Waals surface area contributed by atoms with Crippen LogP contribution in [-0.4, -0.2) is 29.9 Å². The van der Waals surface area contributed by atoms with Gasteiger partial charge in [0.1, 0.15) is 12.3 Å². The number of halogens is 2. The number of amides is 2. The van der Waals surface area contributed by atoms with Crippen LogP contribution in [0.15, 0.2) is 36.4 Å². The monoisotopic (exact) mass is 423 g/mol. The van der Waals surface area contributed by atoms with Gasteiger partial charge in [-0.25, -0.2) is 0 Å². The molecule has 0 aromatic heterocycles. The zero-order valence-electron chi connectivity index (χ0n) is 14.6. The molecule has 10 heteroatoms. The number of carbonyl (C=O) groups excluding carboxylic acids is 2. The van der Waals surface area contributed by atoms with Crippen LogP contribution in [0.3, 0.4) is 0 Å². The number of nitro benzene ring substituents is 1. The lowest BCUT2D eigenvalue weighted by atomic mass is 10.1. The van der Waals surface area contributed by atoms with Gasteiger partial charge >= 0.3 is 0 Å². The van der Waals surface area contributed by atoms with E-state index in [0.29, 0.717) is 21.4 Å². The van der Waals surface area contributed by atoms with E-state index in [-0.39, 0.29) is 24.5 Å². The number of hydrogen-bond acceptors (Lipinski definition) is 5. The number of rotatable bonds is 5. The Bertz CT molecular complexity index is 966. The standard InChI is InChI=1S/C18H15Cl2N3O5/c1-10(13-4-2-11(19)6-14(13)20)21-17(24)8-22-15-7-12(23(26)27)3-5-16(15)28-9-18(22)25/h2-7,10H,8-9H2,1H3,(H,21,24). The summed E-state index contributed by atoms with van der Waals surface area (Å²) in [6.07, 6.45) is 0. The number of carbonyl (C=O) groups is 2. The Morgan fingerprint density at radius 2 is 2.07 bits per heavy atom. The van der Waals surface area contributed by atoms with Crippen LogP contribution in [-0.2, 0) is 9.59 Å². The van der Waals surface area contributed by atoms with Crippen LogP contribution in [0.25, 0.3) is 0 Å². The van der Waals surface area contributed by atoms with E-state index in [1.54, 1.807) is 25.1 Å². The summed E-state index contributed by atoms with van der Waals surface area (Å²) in [4.78, 5) is 36.3. The second-order valence-corrected chi connectivity index (χ2v) is 6.98. The quantitative estimate of drug-likeness (QED) is 0.585. The molecule has 0 spiro atoms. The molecule has 2 aromatic rings. The molecule has 1 heterocycles. The van der Waals surface area contributed by atoms with E-state index < -0.39 is 22.8 Å². The molecule has 1 unspecified atom stereocenters. The maximum absolute atomic E-state index is 12.5. The number of hydrogen-bond donors (Lipinski definition) is 1. The molecule has 0 radical (unpaired) electrons. The molecule has 28 heavy (non-hydrogen) atoms. The maximum atomic E-state index is 12.5. The summed E-state index contributed by atoms with van der Waals surface area (Å²) in [6, 6.07) is 8.39. The van der Waals surface area contributed by atoms with Crippen molar-refractivity contribution < 1.29 is 19.2 Å². The largest absolute Gasteiger partial charge is 0.482 e. The third-order valence-electron chi connectivity index (χ3n) is 4.20. The third kappa shape index (κ3) is 4.18. The second kappa shape index (κ2) is 8.04. The Morgan fingerprint density at radius 3 is 2.75 bits per heavy atom. The zero-order valence-corrected chi connectivity index (χ0v) is 16.2. The van der Waals surface area contributed by atoms with Gasteiger partial charge in [-0.3, -0.25) is 24.6 Å². The molecule has 8 nitrogen and oxygen atoms in total. The lowest BCUT2D eigenvalue weighted by Gasteiger charge is -2.29. The van der Waals surface area contributed by atoms with Crippen LogP contribution in [0.2, 0.25) is 10.0 Å². The van der Waals surface area contributed by atoms with Crippen LogP contribution in [0, 0.1) is 10.1 Å². The summed E-state index contributed by atoms with van der Waals surface area (Å²) in [6.45, 7) is 1.18. The number of fused-ring (bicyclic) bond motifs is 1. The fraction of sp³-hybridized carbons (Fsp3) is 0.222. The highest BCUT2D eigenvalue weighted by molar-refractivity contribution is 6.35. The number of ether oxygens (including phenoxy) is 1. The van der Waals surface area contributed by atoms with Crippen LogP contribution in [0.5, 0.6) is 5.75 Å². The molecule has 0 bridgehead atoms. The average Bonchev–Trinajstić information content (AvgIpc) is 2.63. The molecule has 0 saturated carbocycles. The van der Waals surface area contributed by atoms with Crippen LogP contribution >= 0.6 is 23.2 Å². The van der Waals surface area contributed by atoms with Crippen molar-refractivity contribution in [2.24, 2.45) is 0 Å². The number of nitrogens with one attached hydrogen (secondary N) is 1.